The highest BCUT2D eigenvalue weighted by Gasteiger charge is 2.01. The summed E-state index contributed by atoms with van der Waals surface area (Å²) >= 11 is 0. The maximum atomic E-state index is 9.04. The van der Waals surface area contributed by atoms with Crippen LogP contribution in [0.15, 0.2) is 41.0 Å². The minimum absolute atomic E-state index is 0.0884. The summed E-state index contributed by atoms with van der Waals surface area (Å²) in [5, 5.41) is 12.4. The van der Waals surface area contributed by atoms with Crippen LogP contribution in [0.3, 0.4) is 0 Å². The van der Waals surface area contributed by atoms with Gasteiger partial charge in [0.15, 0.2) is 0 Å². The number of aliphatic hydroxyl groups is 1. The van der Waals surface area contributed by atoms with Crippen LogP contribution in [-0.2, 0) is 19.7 Å². The lowest BCUT2D eigenvalue weighted by Gasteiger charge is -2.05. The fourth-order valence-electron chi connectivity index (χ4n) is 1.74. The molecule has 2 aromatic rings. The molecule has 17 heavy (non-hydrogen) atoms. The first kappa shape index (κ1) is 11.9. The Balaban J connectivity index is 1.87. The summed E-state index contributed by atoms with van der Waals surface area (Å²) in [5.74, 6) is 0.975. The fourth-order valence-corrected chi connectivity index (χ4v) is 1.74. The molecule has 90 valence electrons. The molecular formula is C14H17NO2. The SMILES string of the molecule is Cc1ccoc1CNCc1cccc(CO)c1. The van der Waals surface area contributed by atoms with Gasteiger partial charge in [-0.2, -0.15) is 0 Å². The van der Waals surface area contributed by atoms with Crippen LogP contribution >= 0.6 is 0 Å². The molecule has 0 radical (unpaired) electrons. The second-order valence-electron chi connectivity index (χ2n) is 4.11. The molecule has 0 aliphatic carbocycles. The molecule has 0 bridgehead atoms. The third-order valence-corrected chi connectivity index (χ3v) is 2.76. The van der Waals surface area contributed by atoms with Crippen molar-refractivity contribution in [3.63, 3.8) is 0 Å². The first-order chi connectivity index (χ1) is 8.29. The molecule has 1 aromatic heterocycles. The van der Waals surface area contributed by atoms with E-state index < -0.39 is 0 Å². The van der Waals surface area contributed by atoms with Gasteiger partial charge in [-0.1, -0.05) is 24.3 Å². The molecule has 0 fully saturated rings. The summed E-state index contributed by atoms with van der Waals surface area (Å²) in [5.41, 5.74) is 3.28. The van der Waals surface area contributed by atoms with Crippen molar-refractivity contribution in [3.8, 4) is 0 Å². The van der Waals surface area contributed by atoms with Crippen molar-refractivity contribution in [2.45, 2.75) is 26.6 Å². The first-order valence-corrected chi connectivity index (χ1v) is 5.72. The number of furan rings is 1. The number of nitrogens with one attached hydrogen (secondary N) is 1. The third kappa shape index (κ3) is 3.19. The highest BCUT2D eigenvalue weighted by molar-refractivity contribution is 5.23. The minimum atomic E-state index is 0.0884. The average Bonchev–Trinajstić information content (AvgIpc) is 2.76. The number of rotatable bonds is 5. The van der Waals surface area contributed by atoms with Crippen LogP contribution in [0.5, 0.6) is 0 Å². The van der Waals surface area contributed by atoms with E-state index in [1.807, 2.05) is 37.3 Å². The maximum Gasteiger partial charge on any atom is 0.120 e. The normalized spacial score (nSPS) is 10.7. The molecule has 3 nitrogen and oxygen atoms in total. The van der Waals surface area contributed by atoms with Crippen molar-refractivity contribution >= 4 is 0 Å². The predicted octanol–water partition coefficient (Wildman–Crippen LogP) is 2.37. The Labute approximate surface area is 101 Å². The van der Waals surface area contributed by atoms with Crippen LogP contribution < -0.4 is 5.32 Å². The molecule has 0 saturated heterocycles. The summed E-state index contributed by atoms with van der Waals surface area (Å²) in [7, 11) is 0. The van der Waals surface area contributed by atoms with Gasteiger partial charge in [-0.25, -0.2) is 0 Å². The molecule has 2 N–H and O–H groups in total. The van der Waals surface area contributed by atoms with Crippen molar-refractivity contribution in [1.29, 1.82) is 0 Å². The topological polar surface area (TPSA) is 45.4 Å². The Bertz CT molecular complexity index is 477. The largest absolute Gasteiger partial charge is 0.468 e. The zero-order valence-corrected chi connectivity index (χ0v) is 9.94. The van der Waals surface area contributed by atoms with Gasteiger partial charge >= 0.3 is 0 Å². The Morgan fingerprint density at radius 3 is 2.71 bits per heavy atom. The van der Waals surface area contributed by atoms with E-state index in [2.05, 4.69) is 5.32 Å². The van der Waals surface area contributed by atoms with Crippen molar-refractivity contribution in [2.75, 3.05) is 0 Å². The van der Waals surface area contributed by atoms with E-state index in [4.69, 9.17) is 9.52 Å². The van der Waals surface area contributed by atoms with Crippen LogP contribution in [0.1, 0.15) is 22.5 Å². The zero-order valence-electron chi connectivity index (χ0n) is 9.94. The predicted molar refractivity (Wildman–Crippen MR) is 66.4 cm³/mol. The van der Waals surface area contributed by atoms with E-state index in [1.165, 1.54) is 11.1 Å². The Morgan fingerprint density at radius 1 is 1.18 bits per heavy atom. The van der Waals surface area contributed by atoms with E-state index in [-0.39, 0.29) is 6.61 Å². The number of aliphatic hydroxyl groups excluding tert-OH is 1. The standard InChI is InChI=1S/C14H17NO2/c1-11-5-6-17-14(11)9-15-8-12-3-2-4-13(7-12)10-16/h2-7,15-16H,8-10H2,1H3. The Hall–Kier alpha value is -1.58. The van der Waals surface area contributed by atoms with Gasteiger partial charge in [-0.15, -0.1) is 0 Å². The van der Waals surface area contributed by atoms with E-state index in [1.54, 1.807) is 6.26 Å². The lowest BCUT2D eigenvalue weighted by atomic mass is 10.1. The van der Waals surface area contributed by atoms with Crippen LogP contribution in [-0.4, -0.2) is 5.11 Å². The molecule has 0 atom stereocenters. The lowest BCUT2D eigenvalue weighted by Crippen LogP contribution is -2.12. The summed E-state index contributed by atoms with van der Waals surface area (Å²) in [4.78, 5) is 0. The van der Waals surface area contributed by atoms with E-state index in [0.717, 1.165) is 24.4 Å². The number of benzene rings is 1. The van der Waals surface area contributed by atoms with Gasteiger partial charge in [-0.3, -0.25) is 0 Å². The summed E-state index contributed by atoms with van der Waals surface area (Å²) in [6, 6.07) is 9.88. The number of hydrogen-bond acceptors (Lipinski definition) is 3. The zero-order chi connectivity index (χ0) is 12.1. The molecule has 1 aromatic carbocycles. The quantitative estimate of drug-likeness (QED) is 0.830. The molecular weight excluding hydrogens is 214 g/mol. The van der Waals surface area contributed by atoms with Crippen molar-refractivity contribution < 1.29 is 9.52 Å². The smallest absolute Gasteiger partial charge is 0.120 e. The Kier molecular flexibility index (Phi) is 3.96. The summed E-state index contributed by atoms with van der Waals surface area (Å²) in [6.45, 7) is 3.62. The fraction of sp³-hybridized carbons (Fsp3) is 0.286. The molecule has 0 unspecified atom stereocenters. The van der Waals surface area contributed by atoms with Gasteiger partial charge in [0.25, 0.3) is 0 Å². The molecule has 3 heteroatoms. The highest BCUT2D eigenvalue weighted by atomic mass is 16.3. The van der Waals surface area contributed by atoms with Gasteiger partial charge < -0.3 is 14.8 Å². The van der Waals surface area contributed by atoms with Gasteiger partial charge in [0.1, 0.15) is 5.76 Å². The van der Waals surface area contributed by atoms with Crippen molar-refractivity contribution in [3.05, 3.63) is 59.0 Å². The first-order valence-electron chi connectivity index (χ1n) is 5.72. The second-order valence-corrected chi connectivity index (χ2v) is 4.11. The lowest BCUT2D eigenvalue weighted by molar-refractivity contribution is 0.281. The molecule has 0 aliphatic rings. The summed E-state index contributed by atoms with van der Waals surface area (Å²) in [6.07, 6.45) is 1.71. The highest BCUT2D eigenvalue weighted by Crippen LogP contribution is 2.09. The van der Waals surface area contributed by atoms with E-state index in [9.17, 15) is 0 Å². The van der Waals surface area contributed by atoms with Crippen molar-refractivity contribution in [1.82, 2.24) is 5.32 Å². The third-order valence-electron chi connectivity index (χ3n) is 2.76. The number of hydrogen-bond donors (Lipinski definition) is 2. The molecule has 0 spiro atoms. The monoisotopic (exact) mass is 231 g/mol. The van der Waals surface area contributed by atoms with E-state index >= 15 is 0 Å². The molecule has 0 amide bonds. The molecule has 2 rings (SSSR count). The summed E-state index contributed by atoms with van der Waals surface area (Å²) < 4.78 is 5.34. The maximum absolute atomic E-state index is 9.04. The minimum Gasteiger partial charge on any atom is -0.468 e. The average molecular weight is 231 g/mol. The second kappa shape index (κ2) is 5.66. The Morgan fingerprint density at radius 2 is 2.00 bits per heavy atom. The van der Waals surface area contributed by atoms with Gasteiger partial charge in [0, 0.05) is 6.54 Å². The van der Waals surface area contributed by atoms with Crippen LogP contribution in [0.4, 0.5) is 0 Å². The van der Waals surface area contributed by atoms with Gasteiger partial charge in [-0.05, 0) is 29.7 Å². The van der Waals surface area contributed by atoms with Crippen LogP contribution in [0.25, 0.3) is 0 Å². The van der Waals surface area contributed by atoms with Crippen LogP contribution in [0, 0.1) is 6.92 Å². The molecule has 0 saturated carbocycles. The van der Waals surface area contributed by atoms with Crippen LogP contribution in [0.2, 0.25) is 0 Å². The van der Waals surface area contributed by atoms with Crippen molar-refractivity contribution in [2.24, 2.45) is 0 Å². The molecule has 0 aliphatic heterocycles. The molecule has 1 heterocycles. The number of aryl methyl sites for hydroxylation is 1. The van der Waals surface area contributed by atoms with E-state index in [0.29, 0.717) is 0 Å². The van der Waals surface area contributed by atoms with Gasteiger partial charge in [0.2, 0.25) is 0 Å². The van der Waals surface area contributed by atoms with Gasteiger partial charge in [0.05, 0.1) is 19.4 Å².